The zero-order valence-electron chi connectivity index (χ0n) is 17.6. The van der Waals surface area contributed by atoms with E-state index in [4.69, 9.17) is 4.74 Å². The smallest absolute Gasteiger partial charge is 0.338 e. The van der Waals surface area contributed by atoms with Gasteiger partial charge in [-0.25, -0.2) is 13.2 Å². The van der Waals surface area contributed by atoms with Crippen LogP contribution in [0.3, 0.4) is 0 Å². The van der Waals surface area contributed by atoms with Gasteiger partial charge in [0.05, 0.1) is 22.3 Å². The molecule has 3 aliphatic rings. The van der Waals surface area contributed by atoms with Gasteiger partial charge in [-0.05, 0) is 81.0 Å². The first-order chi connectivity index (χ1) is 13.9. The van der Waals surface area contributed by atoms with Gasteiger partial charge in [0.15, 0.2) is 9.84 Å². The molecule has 29 heavy (non-hydrogen) atoms. The molecule has 0 amide bonds. The number of carbonyl (C=O) groups excluding carboxylic acids is 1. The number of sulfone groups is 1. The first kappa shape index (κ1) is 20.6. The number of allylic oxidation sites excluding steroid dienone is 1. The van der Waals surface area contributed by atoms with Crippen LogP contribution in [0.15, 0.2) is 28.7 Å². The molecule has 3 aliphatic carbocycles. The van der Waals surface area contributed by atoms with Gasteiger partial charge in [-0.1, -0.05) is 37.3 Å². The van der Waals surface area contributed by atoms with E-state index in [-0.39, 0.29) is 11.2 Å². The van der Waals surface area contributed by atoms with Gasteiger partial charge in [-0.2, -0.15) is 0 Å². The molecule has 3 saturated carbocycles. The predicted octanol–water partition coefficient (Wildman–Crippen LogP) is 5.42. The molecule has 158 valence electrons. The molecule has 0 saturated heterocycles. The van der Waals surface area contributed by atoms with E-state index in [0.29, 0.717) is 28.9 Å². The molecule has 1 aromatic rings. The van der Waals surface area contributed by atoms with Crippen LogP contribution >= 0.6 is 0 Å². The molecule has 0 bridgehead atoms. The summed E-state index contributed by atoms with van der Waals surface area (Å²) in [5.41, 5.74) is 3.42. The van der Waals surface area contributed by atoms with Crippen molar-refractivity contribution in [2.45, 2.75) is 87.7 Å². The van der Waals surface area contributed by atoms with Crippen molar-refractivity contribution in [1.82, 2.24) is 0 Å². The largest absolute Gasteiger partial charge is 0.462 e. The van der Waals surface area contributed by atoms with Gasteiger partial charge in [0.1, 0.15) is 0 Å². The van der Waals surface area contributed by atoms with Crippen LogP contribution in [0.25, 0.3) is 5.57 Å². The molecule has 0 aliphatic heterocycles. The van der Waals surface area contributed by atoms with Crippen LogP contribution in [-0.2, 0) is 19.4 Å². The second-order valence-corrected chi connectivity index (χ2v) is 11.2. The summed E-state index contributed by atoms with van der Waals surface area (Å²) in [4.78, 5) is 13.3. The lowest BCUT2D eigenvalue weighted by Gasteiger charge is -2.17. The SMILES string of the molecule is CCOC(=O)/C(=C(\C)CC1CCCC1)c1ccc(S(=O)(=O)C2CC2)c(C2CC2)c1. The van der Waals surface area contributed by atoms with Gasteiger partial charge < -0.3 is 4.74 Å². The topological polar surface area (TPSA) is 60.4 Å². The van der Waals surface area contributed by atoms with Crippen LogP contribution in [0, 0.1) is 5.92 Å². The Balaban J connectivity index is 1.74. The van der Waals surface area contributed by atoms with Crippen LogP contribution in [-0.4, -0.2) is 26.2 Å². The molecule has 0 atom stereocenters. The number of hydrogen-bond donors (Lipinski definition) is 0. The van der Waals surface area contributed by atoms with Crippen LogP contribution < -0.4 is 0 Å². The first-order valence-corrected chi connectivity index (χ1v) is 12.7. The first-order valence-electron chi connectivity index (χ1n) is 11.2. The monoisotopic (exact) mass is 416 g/mol. The Labute approximate surface area is 174 Å². The summed E-state index contributed by atoms with van der Waals surface area (Å²) in [5.74, 6) is 0.649. The Morgan fingerprint density at radius 3 is 2.34 bits per heavy atom. The Kier molecular flexibility index (Phi) is 5.87. The van der Waals surface area contributed by atoms with Gasteiger partial charge in [-0.15, -0.1) is 0 Å². The number of benzene rings is 1. The summed E-state index contributed by atoms with van der Waals surface area (Å²) in [6, 6.07) is 5.54. The molecule has 0 unspecified atom stereocenters. The third kappa shape index (κ3) is 4.45. The van der Waals surface area contributed by atoms with Crippen LogP contribution in [0.4, 0.5) is 0 Å². The van der Waals surface area contributed by atoms with Crippen molar-refractivity contribution < 1.29 is 17.9 Å². The standard InChI is InChI=1S/C24H32O4S/c1-3-28-24(25)23(16(2)14-17-6-4-5-7-17)19-10-13-22(21(15-19)18-8-9-18)29(26,27)20-11-12-20/h10,13,15,17-18,20H,3-9,11-12,14H2,1-2H3/b23-16+. The molecule has 5 heteroatoms. The van der Waals surface area contributed by atoms with Crippen molar-refractivity contribution in [3.63, 3.8) is 0 Å². The summed E-state index contributed by atoms with van der Waals surface area (Å²) < 4.78 is 31.2. The molecule has 0 N–H and O–H groups in total. The Bertz CT molecular complexity index is 914. The Morgan fingerprint density at radius 1 is 1.07 bits per heavy atom. The summed E-state index contributed by atoms with van der Waals surface area (Å²) >= 11 is 0. The van der Waals surface area contributed by atoms with Crippen molar-refractivity contribution in [3.05, 3.63) is 34.9 Å². The maximum atomic E-state index is 12.9. The van der Waals surface area contributed by atoms with Gasteiger partial charge in [0.25, 0.3) is 0 Å². The average molecular weight is 417 g/mol. The van der Waals surface area contributed by atoms with Crippen molar-refractivity contribution >= 4 is 21.4 Å². The van der Waals surface area contributed by atoms with Crippen LogP contribution in [0.2, 0.25) is 0 Å². The Hall–Kier alpha value is -1.62. The molecule has 0 heterocycles. The second-order valence-electron chi connectivity index (χ2n) is 9.00. The van der Waals surface area contributed by atoms with Gasteiger partial charge in [0.2, 0.25) is 0 Å². The molecule has 1 aromatic carbocycles. The minimum atomic E-state index is -3.25. The third-order valence-electron chi connectivity index (χ3n) is 6.56. The fraction of sp³-hybridized carbons (Fsp3) is 0.625. The highest BCUT2D eigenvalue weighted by molar-refractivity contribution is 7.92. The lowest BCUT2D eigenvalue weighted by Crippen LogP contribution is -2.13. The van der Waals surface area contributed by atoms with E-state index in [1.54, 1.807) is 6.07 Å². The maximum absolute atomic E-state index is 12.9. The fourth-order valence-electron chi connectivity index (χ4n) is 4.73. The van der Waals surface area contributed by atoms with Crippen molar-refractivity contribution in [2.24, 2.45) is 5.92 Å². The highest BCUT2D eigenvalue weighted by atomic mass is 32.2. The van der Waals surface area contributed by atoms with Gasteiger partial charge in [0, 0.05) is 0 Å². The molecule has 4 rings (SSSR count). The summed E-state index contributed by atoms with van der Waals surface area (Å²) in [6.45, 7) is 4.20. The van der Waals surface area contributed by atoms with E-state index in [9.17, 15) is 13.2 Å². The minimum absolute atomic E-state index is 0.213. The van der Waals surface area contributed by atoms with Crippen molar-refractivity contribution in [1.29, 1.82) is 0 Å². The summed E-state index contributed by atoms with van der Waals surface area (Å²) in [7, 11) is -3.25. The maximum Gasteiger partial charge on any atom is 0.338 e. The molecular weight excluding hydrogens is 384 g/mol. The highest BCUT2D eigenvalue weighted by Gasteiger charge is 2.40. The quantitative estimate of drug-likeness (QED) is 0.419. The van der Waals surface area contributed by atoms with E-state index in [0.717, 1.165) is 48.8 Å². The highest BCUT2D eigenvalue weighted by Crippen LogP contribution is 2.46. The lowest BCUT2D eigenvalue weighted by molar-refractivity contribution is -0.136. The molecule has 3 fully saturated rings. The van der Waals surface area contributed by atoms with E-state index in [1.165, 1.54) is 25.7 Å². The molecule has 0 spiro atoms. The van der Waals surface area contributed by atoms with E-state index < -0.39 is 9.84 Å². The number of hydrogen-bond acceptors (Lipinski definition) is 4. The van der Waals surface area contributed by atoms with Crippen LogP contribution in [0.5, 0.6) is 0 Å². The number of ether oxygens (including phenoxy) is 1. The number of rotatable bonds is 8. The lowest BCUT2D eigenvalue weighted by atomic mass is 9.91. The molecule has 0 aromatic heterocycles. The minimum Gasteiger partial charge on any atom is -0.462 e. The zero-order chi connectivity index (χ0) is 20.6. The van der Waals surface area contributed by atoms with Crippen LogP contribution in [0.1, 0.15) is 88.7 Å². The van der Waals surface area contributed by atoms with Crippen molar-refractivity contribution in [3.8, 4) is 0 Å². The Morgan fingerprint density at radius 2 is 1.76 bits per heavy atom. The summed E-state index contributed by atoms with van der Waals surface area (Å²) in [5, 5.41) is -0.213. The number of carbonyl (C=O) groups is 1. The fourth-order valence-corrected chi connectivity index (χ4v) is 6.65. The van der Waals surface area contributed by atoms with Crippen molar-refractivity contribution in [2.75, 3.05) is 6.61 Å². The van der Waals surface area contributed by atoms with E-state index >= 15 is 0 Å². The normalized spacial score (nSPS) is 21.2. The average Bonchev–Trinajstić information content (AvgIpc) is 3.60. The third-order valence-corrected chi connectivity index (χ3v) is 8.90. The van der Waals surface area contributed by atoms with Gasteiger partial charge >= 0.3 is 5.97 Å². The molecule has 4 nitrogen and oxygen atoms in total. The molecule has 0 radical (unpaired) electrons. The second kappa shape index (κ2) is 8.25. The molecular formula is C24H32O4S. The summed E-state index contributed by atoms with van der Waals surface area (Å²) in [6.07, 6.45) is 9.48. The van der Waals surface area contributed by atoms with E-state index in [1.807, 2.05) is 26.0 Å². The predicted molar refractivity (Wildman–Crippen MR) is 114 cm³/mol. The number of esters is 1. The van der Waals surface area contributed by atoms with Gasteiger partial charge in [-0.3, -0.25) is 0 Å². The zero-order valence-corrected chi connectivity index (χ0v) is 18.4. The van der Waals surface area contributed by atoms with E-state index in [2.05, 4.69) is 0 Å².